The molecule has 0 aliphatic rings. The monoisotopic (exact) mass is 455 g/mol. The van der Waals surface area contributed by atoms with Crippen molar-refractivity contribution in [1.29, 1.82) is 0 Å². The number of unbranched alkanes of at least 4 members (excludes halogenated alkanes) is 8. The minimum atomic E-state index is -3.34. The van der Waals surface area contributed by atoms with Crippen LogP contribution in [0.25, 0.3) is 0 Å². The van der Waals surface area contributed by atoms with Crippen LogP contribution >= 0.6 is 7.60 Å². The molecule has 0 aliphatic carbocycles. The molecule has 180 valence electrons. The topological polar surface area (TPSA) is 75.6 Å². The molecule has 31 heavy (non-hydrogen) atoms. The lowest BCUT2D eigenvalue weighted by molar-refractivity contribution is -0.121. The minimum Gasteiger partial charge on any atom is -0.356 e. The summed E-state index contributed by atoms with van der Waals surface area (Å²) in [6.07, 6.45) is 27.7. The summed E-state index contributed by atoms with van der Waals surface area (Å²) in [5, 5.41) is 2.97. The third-order valence-electron chi connectivity index (χ3n) is 4.78. The van der Waals surface area contributed by atoms with Gasteiger partial charge in [-0.3, -0.25) is 9.36 Å². The van der Waals surface area contributed by atoms with Crippen LogP contribution in [0.4, 0.5) is 0 Å². The third-order valence-corrected chi connectivity index (χ3v) is 5.44. The molecule has 1 atom stereocenters. The molecule has 0 heterocycles. The summed E-state index contributed by atoms with van der Waals surface area (Å²) in [5.74, 6) is 0.150. The molecule has 0 saturated heterocycles. The fourth-order valence-electron chi connectivity index (χ4n) is 3.04. The van der Waals surface area contributed by atoms with E-state index in [1.165, 1.54) is 25.9 Å². The van der Waals surface area contributed by atoms with Crippen molar-refractivity contribution in [1.82, 2.24) is 5.32 Å². The molecule has 0 aromatic rings. The number of rotatable bonds is 21. The number of amides is 1. The Bertz CT molecular complexity index is 552. The first-order valence-corrected chi connectivity index (χ1v) is 14.1. The van der Waals surface area contributed by atoms with E-state index in [4.69, 9.17) is 9.42 Å². The van der Waals surface area contributed by atoms with Gasteiger partial charge in [-0.1, -0.05) is 75.5 Å². The maximum atomic E-state index is 11.8. The lowest BCUT2D eigenvalue weighted by Crippen LogP contribution is -2.23. The van der Waals surface area contributed by atoms with Crippen LogP contribution in [0.2, 0.25) is 0 Å². The lowest BCUT2D eigenvalue weighted by Gasteiger charge is -2.07. The van der Waals surface area contributed by atoms with Crippen LogP contribution in [-0.2, 0) is 13.9 Å². The highest BCUT2D eigenvalue weighted by Crippen LogP contribution is 2.36. The van der Waals surface area contributed by atoms with Gasteiger partial charge in [0.2, 0.25) is 5.91 Å². The van der Waals surface area contributed by atoms with Gasteiger partial charge in [0.1, 0.15) is 0 Å². The van der Waals surface area contributed by atoms with Crippen LogP contribution in [0.3, 0.4) is 0 Å². The number of hydrogen-bond acceptors (Lipinski definition) is 3. The van der Waals surface area contributed by atoms with Crippen molar-refractivity contribution in [2.75, 3.05) is 19.8 Å². The zero-order chi connectivity index (χ0) is 23.0. The summed E-state index contributed by atoms with van der Waals surface area (Å²) < 4.78 is 15.8. The minimum absolute atomic E-state index is 0.150. The standard InChI is InChI=1S/C25H46NO4P/c1-3-4-5-6-7-8-9-10-11-12-13-14-15-16-19-22-25(27)26-23-20-17-18-21-24-30-31(2,28)29/h4-5,7-8,10-11H,3,6,9,12-24H2,1-2H3,(H,26,27)(H,28,29)/b5-4-,8-7-,11-10-. The molecule has 2 N–H and O–H groups in total. The van der Waals surface area contributed by atoms with E-state index in [1.807, 2.05) is 0 Å². The van der Waals surface area contributed by atoms with Gasteiger partial charge in [0.15, 0.2) is 0 Å². The molecular weight excluding hydrogens is 409 g/mol. The molecule has 0 aliphatic heterocycles. The molecule has 5 nitrogen and oxygen atoms in total. The molecule has 0 aromatic carbocycles. The Labute approximate surface area is 191 Å². The Balaban J connectivity index is 3.33. The second kappa shape index (κ2) is 22.0. The molecule has 0 bridgehead atoms. The van der Waals surface area contributed by atoms with E-state index in [2.05, 4.69) is 48.7 Å². The normalized spacial score (nSPS) is 14.0. The summed E-state index contributed by atoms with van der Waals surface area (Å²) in [5.41, 5.74) is 0. The number of nitrogens with one attached hydrogen (secondary N) is 1. The van der Waals surface area contributed by atoms with E-state index in [1.54, 1.807) is 0 Å². The number of allylic oxidation sites excluding steroid dienone is 6. The van der Waals surface area contributed by atoms with E-state index in [0.717, 1.165) is 64.2 Å². The molecule has 0 aromatic heterocycles. The highest BCUT2D eigenvalue weighted by atomic mass is 31.2. The van der Waals surface area contributed by atoms with Gasteiger partial charge < -0.3 is 14.7 Å². The predicted molar refractivity (Wildman–Crippen MR) is 132 cm³/mol. The maximum Gasteiger partial charge on any atom is 0.325 e. The van der Waals surface area contributed by atoms with Crippen LogP contribution in [-0.4, -0.2) is 30.6 Å². The van der Waals surface area contributed by atoms with Crippen molar-refractivity contribution < 1.29 is 18.8 Å². The van der Waals surface area contributed by atoms with E-state index in [9.17, 15) is 9.36 Å². The van der Waals surface area contributed by atoms with Crippen LogP contribution < -0.4 is 5.32 Å². The van der Waals surface area contributed by atoms with Crippen LogP contribution in [0.15, 0.2) is 36.5 Å². The molecule has 0 radical (unpaired) electrons. The zero-order valence-corrected chi connectivity index (χ0v) is 20.8. The van der Waals surface area contributed by atoms with Crippen molar-refractivity contribution in [3.05, 3.63) is 36.5 Å². The lowest BCUT2D eigenvalue weighted by atomic mass is 10.1. The Kier molecular flexibility index (Phi) is 21.2. The first-order chi connectivity index (χ1) is 15.0. The van der Waals surface area contributed by atoms with Crippen LogP contribution in [0.5, 0.6) is 0 Å². The van der Waals surface area contributed by atoms with Crippen molar-refractivity contribution in [2.24, 2.45) is 0 Å². The van der Waals surface area contributed by atoms with Crippen LogP contribution in [0.1, 0.15) is 96.8 Å². The number of hydrogen-bond donors (Lipinski definition) is 2. The molecule has 1 amide bonds. The summed E-state index contributed by atoms with van der Waals surface area (Å²) >= 11 is 0. The molecule has 0 spiro atoms. The Morgan fingerprint density at radius 1 is 0.839 bits per heavy atom. The van der Waals surface area contributed by atoms with E-state index < -0.39 is 7.60 Å². The largest absolute Gasteiger partial charge is 0.356 e. The van der Waals surface area contributed by atoms with Crippen molar-refractivity contribution in [2.45, 2.75) is 96.8 Å². The van der Waals surface area contributed by atoms with E-state index in [0.29, 0.717) is 19.6 Å². The second-order valence-corrected chi connectivity index (χ2v) is 9.86. The van der Waals surface area contributed by atoms with E-state index >= 15 is 0 Å². The van der Waals surface area contributed by atoms with Crippen molar-refractivity contribution in [3.8, 4) is 0 Å². The fourth-order valence-corrected chi connectivity index (χ4v) is 3.50. The zero-order valence-electron chi connectivity index (χ0n) is 19.9. The summed E-state index contributed by atoms with van der Waals surface area (Å²) in [4.78, 5) is 20.8. The summed E-state index contributed by atoms with van der Waals surface area (Å²) in [7, 11) is -3.34. The molecule has 6 heteroatoms. The smallest absolute Gasteiger partial charge is 0.325 e. The number of carbonyl (C=O) groups excluding carboxylic acids is 1. The second-order valence-electron chi connectivity index (χ2n) is 8.00. The predicted octanol–water partition coefficient (Wildman–Crippen LogP) is 7.08. The van der Waals surface area contributed by atoms with Gasteiger partial charge in [-0.15, -0.1) is 0 Å². The molecular formula is C25H46NO4P. The molecule has 1 unspecified atom stereocenters. The first kappa shape index (κ1) is 29.8. The highest BCUT2D eigenvalue weighted by Gasteiger charge is 2.08. The Morgan fingerprint density at radius 3 is 2.13 bits per heavy atom. The summed E-state index contributed by atoms with van der Waals surface area (Å²) in [6.45, 7) is 4.39. The van der Waals surface area contributed by atoms with Crippen LogP contribution in [0, 0.1) is 0 Å². The quantitative estimate of drug-likeness (QED) is 0.110. The Morgan fingerprint density at radius 2 is 1.42 bits per heavy atom. The average Bonchev–Trinajstić information content (AvgIpc) is 2.72. The van der Waals surface area contributed by atoms with Gasteiger partial charge in [0.05, 0.1) is 6.61 Å². The van der Waals surface area contributed by atoms with Gasteiger partial charge in [0.25, 0.3) is 0 Å². The first-order valence-electron chi connectivity index (χ1n) is 12.1. The summed E-state index contributed by atoms with van der Waals surface area (Å²) in [6, 6.07) is 0. The van der Waals surface area contributed by atoms with Gasteiger partial charge in [0, 0.05) is 19.6 Å². The highest BCUT2D eigenvalue weighted by molar-refractivity contribution is 7.51. The Hall–Kier alpha value is -1.16. The third kappa shape index (κ3) is 26.8. The molecule has 0 fully saturated rings. The fraction of sp³-hybridized carbons (Fsp3) is 0.720. The molecule has 0 rings (SSSR count). The van der Waals surface area contributed by atoms with Crippen molar-refractivity contribution in [3.63, 3.8) is 0 Å². The number of carbonyl (C=O) groups is 1. The maximum absolute atomic E-state index is 11.8. The van der Waals surface area contributed by atoms with Gasteiger partial charge in [-0.2, -0.15) is 0 Å². The van der Waals surface area contributed by atoms with Gasteiger partial charge in [-0.25, -0.2) is 0 Å². The van der Waals surface area contributed by atoms with Gasteiger partial charge in [-0.05, 0) is 51.4 Å². The SMILES string of the molecule is CC/C=C\C/C=C\C/C=C\CCCCCCCC(=O)NCCCCCCOP(C)(=O)O. The van der Waals surface area contributed by atoms with E-state index in [-0.39, 0.29) is 5.91 Å². The average molecular weight is 456 g/mol. The van der Waals surface area contributed by atoms with Crippen molar-refractivity contribution >= 4 is 13.5 Å². The van der Waals surface area contributed by atoms with Gasteiger partial charge >= 0.3 is 7.60 Å². The molecule has 0 saturated carbocycles.